The van der Waals surface area contributed by atoms with Crippen molar-refractivity contribution < 1.29 is 14.2 Å². The Labute approximate surface area is 87.9 Å². The van der Waals surface area contributed by atoms with Crippen LogP contribution >= 0.6 is 0 Å². The van der Waals surface area contributed by atoms with E-state index in [1.165, 1.54) is 19.2 Å². The minimum absolute atomic E-state index is 0.234. The molecule has 0 bridgehead atoms. The zero-order valence-electron chi connectivity index (χ0n) is 8.53. The first-order chi connectivity index (χ1) is 7.11. The Kier molecular flexibility index (Phi) is 4.33. The maximum Gasteiger partial charge on any atom is 0.127 e. The van der Waals surface area contributed by atoms with Gasteiger partial charge >= 0.3 is 0 Å². The van der Waals surface area contributed by atoms with Gasteiger partial charge in [0.2, 0.25) is 0 Å². The van der Waals surface area contributed by atoms with E-state index in [0.29, 0.717) is 11.4 Å². The average molecular weight is 214 g/mol. The summed E-state index contributed by atoms with van der Waals surface area (Å²) in [5.74, 6) is -0.404. The maximum absolute atomic E-state index is 12.9. The summed E-state index contributed by atoms with van der Waals surface area (Å²) in [4.78, 5) is 0. The van der Waals surface area contributed by atoms with Crippen molar-refractivity contribution in [1.29, 1.82) is 0 Å². The number of nitrogen functional groups attached to an aromatic ring is 1. The molecule has 0 saturated carbocycles. The lowest BCUT2D eigenvalue weighted by Crippen LogP contribution is -2.24. The summed E-state index contributed by atoms with van der Waals surface area (Å²) in [6.07, 6.45) is -0.625. The lowest BCUT2D eigenvalue weighted by Gasteiger charge is -2.12. The van der Waals surface area contributed by atoms with Gasteiger partial charge in [-0.25, -0.2) is 4.39 Å². The summed E-state index contributed by atoms with van der Waals surface area (Å²) in [6, 6.07) is 4.15. The number of aliphatic hydroxyl groups is 1. The van der Waals surface area contributed by atoms with Crippen molar-refractivity contribution in [3.63, 3.8) is 0 Å². The van der Waals surface area contributed by atoms with Gasteiger partial charge in [-0.1, -0.05) is 0 Å². The van der Waals surface area contributed by atoms with Crippen LogP contribution in [0.5, 0.6) is 0 Å². The molecular weight excluding hydrogens is 199 g/mol. The molecule has 84 valence electrons. The Morgan fingerprint density at radius 1 is 1.53 bits per heavy atom. The maximum atomic E-state index is 12.9. The molecule has 1 rings (SSSR count). The molecule has 0 aliphatic carbocycles. The number of rotatable bonds is 5. The highest BCUT2D eigenvalue weighted by Gasteiger charge is 2.03. The van der Waals surface area contributed by atoms with E-state index >= 15 is 0 Å². The first kappa shape index (κ1) is 11.7. The van der Waals surface area contributed by atoms with Crippen molar-refractivity contribution >= 4 is 11.4 Å². The molecule has 5 heteroatoms. The summed E-state index contributed by atoms with van der Waals surface area (Å²) in [5.41, 5.74) is 6.35. The molecule has 0 saturated heterocycles. The number of nitrogens with two attached hydrogens (primary N) is 1. The van der Waals surface area contributed by atoms with Gasteiger partial charge in [0.05, 0.1) is 12.7 Å². The third-order valence-corrected chi connectivity index (χ3v) is 1.82. The van der Waals surface area contributed by atoms with Gasteiger partial charge in [-0.3, -0.25) is 0 Å². The Hall–Kier alpha value is -1.33. The highest BCUT2D eigenvalue weighted by atomic mass is 19.1. The third kappa shape index (κ3) is 4.14. The monoisotopic (exact) mass is 214 g/mol. The number of nitrogens with one attached hydrogen (secondary N) is 1. The van der Waals surface area contributed by atoms with Crippen LogP contribution in [0.25, 0.3) is 0 Å². The van der Waals surface area contributed by atoms with Gasteiger partial charge in [-0.05, 0) is 18.2 Å². The van der Waals surface area contributed by atoms with Crippen LogP contribution in [0.2, 0.25) is 0 Å². The highest BCUT2D eigenvalue weighted by molar-refractivity contribution is 5.54. The molecule has 0 fully saturated rings. The number of benzene rings is 1. The van der Waals surface area contributed by atoms with Gasteiger partial charge in [0.1, 0.15) is 5.82 Å². The molecule has 1 unspecified atom stereocenters. The molecule has 0 aromatic heterocycles. The predicted molar refractivity (Wildman–Crippen MR) is 57.2 cm³/mol. The molecule has 4 nitrogen and oxygen atoms in total. The summed E-state index contributed by atoms with van der Waals surface area (Å²) >= 11 is 0. The van der Waals surface area contributed by atoms with Crippen LogP contribution in [-0.2, 0) is 4.74 Å². The fourth-order valence-corrected chi connectivity index (χ4v) is 1.20. The SMILES string of the molecule is COCC(O)CNc1cc(N)cc(F)c1. The van der Waals surface area contributed by atoms with E-state index in [1.54, 1.807) is 6.07 Å². The van der Waals surface area contributed by atoms with Crippen molar-refractivity contribution in [2.45, 2.75) is 6.10 Å². The second-order valence-electron chi connectivity index (χ2n) is 3.26. The Bertz CT molecular complexity index is 300. The first-order valence-electron chi connectivity index (χ1n) is 4.58. The van der Waals surface area contributed by atoms with Crippen molar-refractivity contribution in [3.8, 4) is 0 Å². The van der Waals surface area contributed by atoms with Crippen LogP contribution in [0, 0.1) is 5.82 Å². The molecule has 0 aliphatic heterocycles. The summed E-state index contributed by atoms with van der Waals surface area (Å²) in [6.45, 7) is 0.522. The average Bonchev–Trinajstić information content (AvgIpc) is 2.14. The van der Waals surface area contributed by atoms with E-state index < -0.39 is 11.9 Å². The molecule has 0 radical (unpaired) electrons. The van der Waals surface area contributed by atoms with Crippen LogP contribution in [0.3, 0.4) is 0 Å². The number of anilines is 2. The molecule has 1 aromatic rings. The summed E-state index contributed by atoms with van der Waals surface area (Å²) in [5, 5.41) is 12.2. The van der Waals surface area contributed by atoms with Crippen LogP contribution in [0.1, 0.15) is 0 Å². The highest BCUT2D eigenvalue weighted by Crippen LogP contribution is 2.15. The minimum atomic E-state index is -0.625. The van der Waals surface area contributed by atoms with E-state index in [-0.39, 0.29) is 13.2 Å². The van der Waals surface area contributed by atoms with E-state index in [1.807, 2.05) is 0 Å². The van der Waals surface area contributed by atoms with Gasteiger partial charge in [-0.2, -0.15) is 0 Å². The number of hydrogen-bond acceptors (Lipinski definition) is 4. The minimum Gasteiger partial charge on any atom is -0.399 e. The number of halogens is 1. The normalized spacial score (nSPS) is 12.5. The number of ether oxygens (including phenoxy) is 1. The molecule has 1 aromatic carbocycles. The van der Waals surface area contributed by atoms with Crippen molar-refractivity contribution in [1.82, 2.24) is 0 Å². The lowest BCUT2D eigenvalue weighted by molar-refractivity contribution is 0.0727. The van der Waals surface area contributed by atoms with Gasteiger partial charge in [0.15, 0.2) is 0 Å². The van der Waals surface area contributed by atoms with Crippen molar-refractivity contribution in [2.75, 3.05) is 31.3 Å². The second kappa shape index (κ2) is 5.53. The standard InChI is InChI=1S/C10H15FN2O2/c1-15-6-10(14)5-13-9-3-7(11)2-8(12)4-9/h2-4,10,13-14H,5-6,12H2,1H3. The van der Waals surface area contributed by atoms with Crippen LogP contribution in [0.4, 0.5) is 15.8 Å². The van der Waals surface area contributed by atoms with Gasteiger partial charge in [-0.15, -0.1) is 0 Å². The molecule has 0 aliphatic rings. The fraction of sp³-hybridized carbons (Fsp3) is 0.400. The number of hydrogen-bond donors (Lipinski definition) is 3. The summed E-state index contributed by atoms with van der Waals surface area (Å²) in [7, 11) is 1.50. The molecule has 4 N–H and O–H groups in total. The molecule has 0 spiro atoms. The van der Waals surface area contributed by atoms with Crippen molar-refractivity contribution in [2.24, 2.45) is 0 Å². The van der Waals surface area contributed by atoms with Crippen LogP contribution < -0.4 is 11.1 Å². The van der Waals surface area contributed by atoms with E-state index in [4.69, 9.17) is 10.5 Å². The van der Waals surface area contributed by atoms with Gasteiger partial charge in [0.25, 0.3) is 0 Å². The van der Waals surface area contributed by atoms with E-state index in [9.17, 15) is 9.50 Å². The van der Waals surface area contributed by atoms with Gasteiger partial charge < -0.3 is 20.9 Å². The predicted octanol–water partition coefficient (Wildman–Crippen LogP) is 0.827. The topological polar surface area (TPSA) is 67.5 Å². The molecule has 0 amide bonds. The zero-order chi connectivity index (χ0) is 11.3. The number of methoxy groups -OCH3 is 1. The van der Waals surface area contributed by atoms with Gasteiger partial charge in [0, 0.05) is 25.0 Å². The van der Waals surface area contributed by atoms with E-state index in [0.717, 1.165) is 0 Å². The fourth-order valence-electron chi connectivity index (χ4n) is 1.20. The van der Waals surface area contributed by atoms with Crippen molar-refractivity contribution in [3.05, 3.63) is 24.0 Å². The Balaban J connectivity index is 2.50. The summed E-state index contributed by atoms with van der Waals surface area (Å²) < 4.78 is 17.6. The Morgan fingerprint density at radius 2 is 2.27 bits per heavy atom. The molecular formula is C10H15FN2O2. The molecule has 0 heterocycles. The quantitative estimate of drug-likeness (QED) is 0.635. The second-order valence-corrected chi connectivity index (χ2v) is 3.26. The Morgan fingerprint density at radius 3 is 2.87 bits per heavy atom. The zero-order valence-corrected chi connectivity index (χ0v) is 8.53. The van der Waals surface area contributed by atoms with E-state index in [2.05, 4.69) is 5.32 Å². The number of aliphatic hydroxyl groups excluding tert-OH is 1. The lowest BCUT2D eigenvalue weighted by atomic mass is 10.2. The van der Waals surface area contributed by atoms with Crippen LogP contribution in [0.15, 0.2) is 18.2 Å². The smallest absolute Gasteiger partial charge is 0.127 e. The first-order valence-corrected chi connectivity index (χ1v) is 4.58. The largest absolute Gasteiger partial charge is 0.399 e. The third-order valence-electron chi connectivity index (χ3n) is 1.82. The molecule has 15 heavy (non-hydrogen) atoms. The van der Waals surface area contributed by atoms with Crippen LogP contribution in [-0.4, -0.2) is 31.5 Å². The molecule has 1 atom stereocenters.